The Morgan fingerprint density at radius 3 is 2.76 bits per heavy atom. The number of carboxylic acid groups (broad SMARTS) is 1. The van der Waals surface area contributed by atoms with Crippen LogP contribution in [0.1, 0.15) is 42.1 Å². The van der Waals surface area contributed by atoms with Gasteiger partial charge in [-0.1, -0.05) is 13.0 Å². The largest absolute Gasteiger partial charge is 0.478 e. The molecule has 1 aromatic rings. The predicted octanol–water partition coefficient (Wildman–Crippen LogP) is 2.29. The maximum Gasteiger partial charge on any atom is 0.335 e. The van der Waals surface area contributed by atoms with Crippen molar-refractivity contribution in [3.05, 3.63) is 29.3 Å². The fourth-order valence-electron chi connectivity index (χ4n) is 2.54. The van der Waals surface area contributed by atoms with Crippen LogP contribution < -0.4 is 0 Å². The second-order valence-electron chi connectivity index (χ2n) is 5.22. The van der Waals surface area contributed by atoms with E-state index in [2.05, 4.69) is 0 Å². The first-order valence-corrected chi connectivity index (χ1v) is 8.80. The average molecular weight is 312 g/mol. The van der Waals surface area contributed by atoms with Crippen molar-refractivity contribution < 1.29 is 23.1 Å². The van der Waals surface area contributed by atoms with Gasteiger partial charge < -0.3 is 9.84 Å². The molecule has 0 aliphatic carbocycles. The third-order valence-electron chi connectivity index (χ3n) is 3.76. The van der Waals surface area contributed by atoms with E-state index >= 15 is 0 Å². The van der Waals surface area contributed by atoms with E-state index in [1.165, 1.54) is 12.1 Å². The Morgan fingerprint density at radius 1 is 1.43 bits per heavy atom. The summed E-state index contributed by atoms with van der Waals surface area (Å²) in [5.41, 5.74) is 0.662. The van der Waals surface area contributed by atoms with E-state index in [4.69, 9.17) is 9.84 Å². The van der Waals surface area contributed by atoms with Gasteiger partial charge in [0.2, 0.25) is 0 Å². The lowest BCUT2D eigenvalue weighted by molar-refractivity contribution is 0.0696. The summed E-state index contributed by atoms with van der Waals surface area (Å²) in [6.07, 6.45) is 2.88. The average Bonchev–Trinajstić information content (AvgIpc) is 2.98. The second kappa shape index (κ2) is 6.58. The van der Waals surface area contributed by atoms with Crippen LogP contribution >= 0.6 is 0 Å². The minimum absolute atomic E-state index is 0.00268. The van der Waals surface area contributed by atoms with Crippen molar-refractivity contribution in [3.8, 4) is 0 Å². The van der Waals surface area contributed by atoms with Crippen molar-refractivity contribution in [1.29, 1.82) is 0 Å². The minimum atomic E-state index is -3.49. The molecular formula is C15H20O5S. The lowest BCUT2D eigenvalue weighted by Gasteiger charge is -2.12. The normalized spacial score (nSPS) is 18.8. The molecule has 0 bridgehead atoms. The van der Waals surface area contributed by atoms with Gasteiger partial charge in [-0.15, -0.1) is 0 Å². The van der Waals surface area contributed by atoms with Crippen molar-refractivity contribution in [1.82, 2.24) is 0 Å². The molecule has 1 saturated heterocycles. The number of hydrogen-bond acceptors (Lipinski definition) is 4. The molecule has 1 aliphatic rings. The number of aryl methyl sites for hydroxylation is 1. The van der Waals surface area contributed by atoms with E-state index in [9.17, 15) is 13.2 Å². The Kier molecular flexibility index (Phi) is 5.00. The van der Waals surface area contributed by atoms with Crippen molar-refractivity contribution in [2.75, 3.05) is 12.4 Å². The Balaban J connectivity index is 2.24. The van der Waals surface area contributed by atoms with Crippen LogP contribution in [0, 0.1) is 0 Å². The molecule has 21 heavy (non-hydrogen) atoms. The molecule has 0 aromatic heterocycles. The highest BCUT2D eigenvalue weighted by Crippen LogP contribution is 2.23. The number of sulfone groups is 1. The number of carboxylic acids is 1. The fourth-order valence-corrected chi connectivity index (χ4v) is 4.25. The first kappa shape index (κ1) is 16.0. The van der Waals surface area contributed by atoms with Gasteiger partial charge in [0.15, 0.2) is 9.84 Å². The van der Waals surface area contributed by atoms with Crippen LogP contribution in [-0.4, -0.2) is 38.0 Å². The summed E-state index contributed by atoms with van der Waals surface area (Å²) >= 11 is 0. The molecular weight excluding hydrogens is 292 g/mol. The smallest absolute Gasteiger partial charge is 0.335 e. The van der Waals surface area contributed by atoms with Crippen LogP contribution in [0.3, 0.4) is 0 Å². The summed E-state index contributed by atoms with van der Waals surface area (Å²) in [7, 11) is -3.49. The lowest BCUT2D eigenvalue weighted by atomic mass is 10.1. The molecule has 0 amide bonds. The third-order valence-corrected chi connectivity index (χ3v) is 5.59. The second-order valence-corrected chi connectivity index (χ2v) is 7.30. The minimum Gasteiger partial charge on any atom is -0.478 e. The van der Waals surface area contributed by atoms with Crippen molar-refractivity contribution in [2.45, 2.75) is 43.6 Å². The lowest BCUT2D eigenvalue weighted by Crippen LogP contribution is -2.16. The van der Waals surface area contributed by atoms with E-state index < -0.39 is 15.8 Å². The molecule has 5 nitrogen and oxygen atoms in total. The van der Waals surface area contributed by atoms with Crippen LogP contribution in [-0.2, 0) is 21.0 Å². The van der Waals surface area contributed by atoms with E-state index in [-0.39, 0.29) is 22.3 Å². The zero-order valence-electron chi connectivity index (χ0n) is 12.0. The summed E-state index contributed by atoms with van der Waals surface area (Å²) < 4.78 is 30.4. The van der Waals surface area contributed by atoms with Crippen molar-refractivity contribution >= 4 is 15.8 Å². The standard InChI is InChI=1S/C15H20O5S/c1-2-11-5-6-12(15(16)17)10-14(11)21(18,19)9-7-13-4-3-8-20-13/h5-6,10,13H,2-4,7-9H2,1H3,(H,16,17). The number of rotatable bonds is 6. The van der Waals surface area contributed by atoms with E-state index in [1.54, 1.807) is 6.07 Å². The number of ether oxygens (including phenoxy) is 1. The van der Waals surface area contributed by atoms with E-state index in [0.717, 1.165) is 12.8 Å². The van der Waals surface area contributed by atoms with Crippen LogP contribution in [0.5, 0.6) is 0 Å². The fraction of sp³-hybridized carbons (Fsp3) is 0.533. The van der Waals surface area contributed by atoms with Gasteiger partial charge in [0.05, 0.1) is 22.3 Å². The highest BCUT2D eigenvalue weighted by Gasteiger charge is 2.23. The Morgan fingerprint density at radius 2 is 2.19 bits per heavy atom. The first-order chi connectivity index (χ1) is 9.94. The third kappa shape index (κ3) is 3.83. The summed E-state index contributed by atoms with van der Waals surface area (Å²) in [6.45, 7) is 2.55. The molecule has 0 spiro atoms. The molecule has 1 fully saturated rings. The quantitative estimate of drug-likeness (QED) is 0.871. The van der Waals surface area contributed by atoms with Crippen molar-refractivity contribution in [3.63, 3.8) is 0 Å². The first-order valence-electron chi connectivity index (χ1n) is 7.14. The monoisotopic (exact) mass is 312 g/mol. The molecule has 1 aliphatic heterocycles. The molecule has 6 heteroatoms. The Bertz CT molecular complexity index is 615. The van der Waals surface area contributed by atoms with Gasteiger partial charge in [0.25, 0.3) is 0 Å². The number of hydrogen-bond donors (Lipinski definition) is 1. The van der Waals surface area contributed by atoms with Gasteiger partial charge in [-0.25, -0.2) is 13.2 Å². The molecule has 1 aromatic carbocycles. The van der Waals surface area contributed by atoms with Gasteiger partial charge in [0.1, 0.15) is 0 Å². The van der Waals surface area contributed by atoms with Gasteiger partial charge in [0, 0.05) is 6.61 Å². The zero-order valence-corrected chi connectivity index (χ0v) is 12.9. The highest BCUT2D eigenvalue weighted by atomic mass is 32.2. The van der Waals surface area contributed by atoms with E-state index in [0.29, 0.717) is 25.0 Å². The van der Waals surface area contributed by atoms with E-state index in [1.807, 2.05) is 6.92 Å². The van der Waals surface area contributed by atoms with Gasteiger partial charge in [-0.3, -0.25) is 0 Å². The summed E-state index contributed by atoms with van der Waals surface area (Å²) in [6, 6.07) is 4.30. The molecule has 1 atom stereocenters. The maximum atomic E-state index is 12.5. The molecule has 2 rings (SSSR count). The zero-order chi connectivity index (χ0) is 15.5. The molecule has 1 heterocycles. The summed E-state index contributed by atoms with van der Waals surface area (Å²) in [5, 5.41) is 9.03. The molecule has 1 unspecified atom stereocenters. The van der Waals surface area contributed by atoms with Crippen LogP contribution in [0.15, 0.2) is 23.1 Å². The molecule has 116 valence electrons. The predicted molar refractivity (Wildman–Crippen MR) is 78.4 cm³/mol. The molecule has 0 radical (unpaired) electrons. The van der Waals surface area contributed by atoms with Crippen LogP contribution in [0.2, 0.25) is 0 Å². The molecule has 0 saturated carbocycles. The number of benzene rings is 1. The Labute approximate surface area is 124 Å². The summed E-state index contributed by atoms with van der Waals surface area (Å²) in [5.74, 6) is -1.12. The maximum absolute atomic E-state index is 12.5. The summed E-state index contributed by atoms with van der Waals surface area (Å²) in [4.78, 5) is 11.2. The van der Waals surface area contributed by atoms with Crippen LogP contribution in [0.25, 0.3) is 0 Å². The van der Waals surface area contributed by atoms with Crippen molar-refractivity contribution in [2.24, 2.45) is 0 Å². The molecule has 1 N–H and O–H groups in total. The van der Waals surface area contributed by atoms with Gasteiger partial charge in [-0.2, -0.15) is 0 Å². The SMILES string of the molecule is CCc1ccc(C(=O)O)cc1S(=O)(=O)CCC1CCCO1. The van der Waals surface area contributed by atoms with Crippen LogP contribution in [0.4, 0.5) is 0 Å². The topological polar surface area (TPSA) is 80.7 Å². The highest BCUT2D eigenvalue weighted by molar-refractivity contribution is 7.91. The van der Waals surface area contributed by atoms with Gasteiger partial charge >= 0.3 is 5.97 Å². The van der Waals surface area contributed by atoms with Gasteiger partial charge in [-0.05, 0) is 43.4 Å². The number of aromatic carboxylic acids is 1. The number of carbonyl (C=O) groups is 1. The Hall–Kier alpha value is -1.40.